The van der Waals surface area contributed by atoms with Crippen molar-refractivity contribution in [2.45, 2.75) is 6.18 Å². The largest absolute Gasteiger partial charge is 0.418 e. The number of nitrogens with zero attached hydrogens (tertiary/aromatic N) is 5. The van der Waals surface area contributed by atoms with Crippen molar-refractivity contribution in [2.75, 3.05) is 36.4 Å². The van der Waals surface area contributed by atoms with E-state index in [0.29, 0.717) is 24.6 Å². The van der Waals surface area contributed by atoms with Crippen LogP contribution in [0.3, 0.4) is 0 Å². The Hall–Kier alpha value is -4.22. The Balaban J connectivity index is 1.33. The van der Waals surface area contributed by atoms with E-state index >= 15 is 0 Å². The van der Waals surface area contributed by atoms with Crippen LogP contribution in [0.2, 0.25) is 0 Å². The zero-order valence-electron chi connectivity index (χ0n) is 17.7. The molecule has 4 rings (SSSR count). The molecule has 0 radical (unpaired) electrons. The maximum atomic E-state index is 13.2. The molecule has 2 amide bonds. The fraction of sp³-hybridized carbons (Fsp3) is 0.227. The fourth-order valence-corrected chi connectivity index (χ4v) is 3.44. The summed E-state index contributed by atoms with van der Waals surface area (Å²) in [6.45, 7) is 1.16. The van der Waals surface area contributed by atoms with E-state index in [1.165, 1.54) is 35.4 Å². The molecule has 3 aromatic rings. The Morgan fingerprint density at radius 1 is 0.941 bits per heavy atom. The van der Waals surface area contributed by atoms with Gasteiger partial charge in [-0.3, -0.25) is 15.1 Å². The smallest absolute Gasteiger partial charge is 0.389 e. The van der Waals surface area contributed by atoms with Crippen molar-refractivity contribution in [1.29, 1.82) is 0 Å². The van der Waals surface area contributed by atoms with Gasteiger partial charge in [-0.15, -0.1) is 10.2 Å². The number of hydrogen-bond acceptors (Lipinski definition) is 7. The molecular weight excluding hydrogens is 453 g/mol. The van der Waals surface area contributed by atoms with Crippen molar-refractivity contribution < 1.29 is 27.5 Å². The van der Waals surface area contributed by atoms with Gasteiger partial charge >= 0.3 is 12.3 Å². The van der Waals surface area contributed by atoms with Gasteiger partial charge in [-0.2, -0.15) is 13.2 Å². The summed E-state index contributed by atoms with van der Waals surface area (Å²) < 4.78 is 44.8. The SMILES string of the molecule is O=C(Nc1cccnc1)Oc1ccc(N2CCN(C(=O)c3ccccc3C(F)(F)F)CC2)nn1. The maximum absolute atomic E-state index is 13.2. The topological polar surface area (TPSA) is 101 Å². The minimum Gasteiger partial charge on any atom is -0.389 e. The van der Waals surface area contributed by atoms with Crippen LogP contribution in [0.5, 0.6) is 5.88 Å². The second-order valence-corrected chi connectivity index (χ2v) is 7.31. The van der Waals surface area contributed by atoms with Gasteiger partial charge in [0, 0.05) is 38.4 Å². The van der Waals surface area contributed by atoms with Gasteiger partial charge in [-0.05, 0) is 30.3 Å². The third-order valence-corrected chi connectivity index (χ3v) is 5.08. The van der Waals surface area contributed by atoms with E-state index in [4.69, 9.17) is 4.74 Å². The molecule has 1 aromatic carbocycles. The van der Waals surface area contributed by atoms with Gasteiger partial charge in [0.2, 0.25) is 5.88 Å². The standard InChI is InChI=1S/C22H19F3N6O3/c23-22(24,25)17-6-2-1-5-16(17)20(32)31-12-10-30(11-13-31)18-7-8-19(29-28-18)34-21(33)27-15-4-3-9-26-14-15/h1-9,14H,10-13H2,(H,27,33). The number of carbonyl (C=O) groups excluding carboxylic acids is 2. The number of amides is 2. The minimum absolute atomic E-state index is 0.0114. The number of hydrogen-bond donors (Lipinski definition) is 1. The highest BCUT2D eigenvalue weighted by Crippen LogP contribution is 2.32. The quantitative estimate of drug-likeness (QED) is 0.621. The highest BCUT2D eigenvalue weighted by Gasteiger charge is 2.36. The van der Waals surface area contributed by atoms with Gasteiger partial charge in [0.15, 0.2) is 5.82 Å². The lowest BCUT2D eigenvalue weighted by atomic mass is 10.1. The zero-order valence-corrected chi connectivity index (χ0v) is 17.7. The molecule has 3 heterocycles. The predicted octanol–water partition coefficient (Wildman–Crippen LogP) is 3.46. The third-order valence-electron chi connectivity index (χ3n) is 5.08. The van der Waals surface area contributed by atoms with E-state index in [1.54, 1.807) is 24.4 Å². The van der Waals surface area contributed by atoms with Crippen LogP contribution in [0.4, 0.5) is 29.5 Å². The summed E-state index contributed by atoms with van der Waals surface area (Å²) in [6.07, 6.45) is -2.33. The highest BCUT2D eigenvalue weighted by molar-refractivity contribution is 5.96. The van der Waals surface area contributed by atoms with Crippen molar-refractivity contribution in [2.24, 2.45) is 0 Å². The second-order valence-electron chi connectivity index (χ2n) is 7.31. The Labute approximate surface area is 192 Å². The zero-order chi connectivity index (χ0) is 24.1. The normalized spacial score (nSPS) is 14.0. The van der Waals surface area contributed by atoms with Crippen LogP contribution in [-0.2, 0) is 6.18 Å². The van der Waals surface area contributed by atoms with Crippen molar-refractivity contribution in [1.82, 2.24) is 20.1 Å². The number of halogens is 3. The van der Waals surface area contributed by atoms with Gasteiger partial charge in [-0.1, -0.05) is 12.1 Å². The molecule has 12 heteroatoms. The molecule has 9 nitrogen and oxygen atoms in total. The molecule has 176 valence electrons. The molecule has 1 saturated heterocycles. The van der Waals surface area contributed by atoms with Crippen LogP contribution in [-0.4, -0.2) is 58.3 Å². The van der Waals surface area contributed by atoms with Crippen LogP contribution in [0.1, 0.15) is 15.9 Å². The Bertz CT molecular complexity index is 1150. The van der Waals surface area contributed by atoms with Crippen molar-refractivity contribution >= 4 is 23.5 Å². The summed E-state index contributed by atoms with van der Waals surface area (Å²) in [5.41, 5.74) is -0.854. The summed E-state index contributed by atoms with van der Waals surface area (Å²) in [5, 5.41) is 10.4. The number of ether oxygens (including phenoxy) is 1. The number of rotatable bonds is 4. The van der Waals surface area contributed by atoms with Gasteiger partial charge in [0.25, 0.3) is 5.91 Å². The lowest BCUT2D eigenvalue weighted by Crippen LogP contribution is -2.49. The molecule has 0 bridgehead atoms. The molecule has 0 atom stereocenters. The molecule has 0 aliphatic carbocycles. The Kier molecular flexibility index (Phi) is 6.57. The summed E-state index contributed by atoms with van der Waals surface area (Å²) in [6, 6.07) is 11.1. The fourth-order valence-electron chi connectivity index (χ4n) is 3.44. The number of benzene rings is 1. The number of alkyl halides is 3. The molecule has 2 aromatic heterocycles. The monoisotopic (exact) mass is 472 g/mol. The first kappa shape index (κ1) is 23.0. The van der Waals surface area contributed by atoms with Crippen LogP contribution >= 0.6 is 0 Å². The predicted molar refractivity (Wildman–Crippen MR) is 115 cm³/mol. The van der Waals surface area contributed by atoms with E-state index in [2.05, 4.69) is 20.5 Å². The highest BCUT2D eigenvalue weighted by atomic mass is 19.4. The van der Waals surface area contributed by atoms with E-state index in [1.807, 2.05) is 4.90 Å². The van der Waals surface area contributed by atoms with Gasteiger partial charge in [0.05, 0.1) is 23.0 Å². The number of carbonyl (C=O) groups is 2. The minimum atomic E-state index is -4.61. The maximum Gasteiger partial charge on any atom is 0.418 e. The van der Waals surface area contributed by atoms with Crippen LogP contribution in [0.25, 0.3) is 0 Å². The summed E-state index contributed by atoms with van der Waals surface area (Å²) >= 11 is 0. The average Bonchev–Trinajstić information content (AvgIpc) is 2.84. The average molecular weight is 472 g/mol. The molecule has 0 saturated carbocycles. The number of aromatic nitrogens is 3. The summed E-state index contributed by atoms with van der Waals surface area (Å²) in [5.74, 6) is -0.187. The third kappa shape index (κ3) is 5.39. The second kappa shape index (κ2) is 9.73. The molecular formula is C22H19F3N6O3. The number of nitrogens with one attached hydrogen (secondary N) is 1. The van der Waals surface area contributed by atoms with Crippen LogP contribution < -0.4 is 15.0 Å². The van der Waals surface area contributed by atoms with E-state index in [-0.39, 0.29) is 24.5 Å². The number of anilines is 2. The van der Waals surface area contributed by atoms with E-state index in [9.17, 15) is 22.8 Å². The Morgan fingerprint density at radius 2 is 1.71 bits per heavy atom. The molecule has 0 unspecified atom stereocenters. The van der Waals surface area contributed by atoms with E-state index in [0.717, 1.165) is 6.07 Å². The van der Waals surface area contributed by atoms with E-state index < -0.39 is 23.7 Å². The number of pyridine rings is 1. The van der Waals surface area contributed by atoms with Crippen LogP contribution in [0.15, 0.2) is 60.9 Å². The molecule has 34 heavy (non-hydrogen) atoms. The molecule has 0 spiro atoms. The first-order valence-electron chi connectivity index (χ1n) is 10.2. The molecule has 1 aliphatic rings. The van der Waals surface area contributed by atoms with Gasteiger partial charge in [-0.25, -0.2) is 4.79 Å². The lowest BCUT2D eigenvalue weighted by molar-refractivity contribution is -0.138. The van der Waals surface area contributed by atoms with Gasteiger partial charge in [0.1, 0.15) is 0 Å². The summed E-state index contributed by atoms with van der Waals surface area (Å²) in [7, 11) is 0. The first-order valence-corrected chi connectivity index (χ1v) is 10.2. The Morgan fingerprint density at radius 3 is 2.35 bits per heavy atom. The molecule has 1 aliphatic heterocycles. The van der Waals surface area contributed by atoms with Crippen LogP contribution in [0, 0.1) is 0 Å². The van der Waals surface area contributed by atoms with Gasteiger partial charge < -0.3 is 14.5 Å². The molecule has 1 fully saturated rings. The summed E-state index contributed by atoms with van der Waals surface area (Å²) in [4.78, 5) is 31.7. The number of piperazine rings is 1. The lowest BCUT2D eigenvalue weighted by Gasteiger charge is -2.35. The van der Waals surface area contributed by atoms with Crippen molar-refractivity contribution in [3.05, 3.63) is 72.1 Å². The molecule has 1 N–H and O–H groups in total. The first-order chi connectivity index (χ1) is 16.3. The van der Waals surface area contributed by atoms with Crippen molar-refractivity contribution in [3.63, 3.8) is 0 Å². The van der Waals surface area contributed by atoms with Crippen molar-refractivity contribution in [3.8, 4) is 5.88 Å².